The van der Waals surface area contributed by atoms with Crippen LogP contribution in [0.4, 0.5) is 0 Å². The molecular formula is C16H32O2. The highest BCUT2D eigenvalue weighted by molar-refractivity contribution is 5.75. The van der Waals surface area contributed by atoms with Gasteiger partial charge in [-0.2, -0.15) is 0 Å². The molecule has 108 valence electrons. The minimum Gasteiger partial charge on any atom is -0.481 e. The molecule has 0 aliphatic carbocycles. The molecule has 0 saturated heterocycles. The van der Waals surface area contributed by atoms with Crippen LogP contribution in [0.2, 0.25) is 0 Å². The molecule has 0 aromatic carbocycles. The minimum atomic E-state index is -0.628. The molecule has 1 atom stereocenters. The van der Waals surface area contributed by atoms with Crippen molar-refractivity contribution in [1.29, 1.82) is 0 Å². The van der Waals surface area contributed by atoms with Crippen molar-refractivity contribution in [3.8, 4) is 0 Å². The van der Waals surface area contributed by atoms with Gasteiger partial charge in [-0.25, -0.2) is 0 Å². The summed E-state index contributed by atoms with van der Waals surface area (Å²) in [6.45, 7) is 17.1. The molecule has 18 heavy (non-hydrogen) atoms. The van der Waals surface area contributed by atoms with Crippen LogP contribution in [0, 0.1) is 22.2 Å². The summed E-state index contributed by atoms with van der Waals surface area (Å²) in [5.41, 5.74) is -0.424. The zero-order valence-corrected chi connectivity index (χ0v) is 13.6. The first-order valence-corrected chi connectivity index (χ1v) is 7.14. The topological polar surface area (TPSA) is 37.3 Å². The molecule has 0 radical (unpaired) electrons. The number of hydrogen-bond donors (Lipinski definition) is 1. The van der Waals surface area contributed by atoms with Crippen molar-refractivity contribution >= 4 is 5.97 Å². The Morgan fingerprint density at radius 3 is 1.56 bits per heavy atom. The summed E-state index contributed by atoms with van der Waals surface area (Å²) in [6, 6.07) is 0. The van der Waals surface area contributed by atoms with Gasteiger partial charge in [-0.3, -0.25) is 4.79 Å². The molecule has 1 N–H and O–H groups in total. The molecule has 0 aliphatic rings. The minimum absolute atomic E-state index is 0.0116. The average Bonchev–Trinajstić information content (AvgIpc) is 2.15. The maximum Gasteiger partial charge on any atom is 0.309 e. The van der Waals surface area contributed by atoms with Crippen molar-refractivity contribution in [2.24, 2.45) is 22.2 Å². The van der Waals surface area contributed by atoms with E-state index in [9.17, 15) is 9.90 Å². The van der Waals surface area contributed by atoms with E-state index in [0.717, 1.165) is 6.42 Å². The summed E-state index contributed by atoms with van der Waals surface area (Å²) in [7, 11) is 0. The van der Waals surface area contributed by atoms with Crippen LogP contribution in [-0.2, 0) is 4.79 Å². The first-order valence-electron chi connectivity index (χ1n) is 7.14. The second-order valence-corrected chi connectivity index (χ2v) is 7.85. The molecule has 0 spiro atoms. The van der Waals surface area contributed by atoms with Crippen molar-refractivity contribution in [1.82, 2.24) is 0 Å². The fourth-order valence-electron chi connectivity index (χ4n) is 3.14. The van der Waals surface area contributed by atoms with E-state index in [2.05, 4.69) is 41.5 Å². The highest BCUT2D eigenvalue weighted by Crippen LogP contribution is 2.50. The van der Waals surface area contributed by atoms with Gasteiger partial charge < -0.3 is 5.11 Å². The quantitative estimate of drug-likeness (QED) is 0.753. The van der Waals surface area contributed by atoms with Crippen molar-refractivity contribution < 1.29 is 9.90 Å². The van der Waals surface area contributed by atoms with Gasteiger partial charge in [0.15, 0.2) is 0 Å². The van der Waals surface area contributed by atoms with Gasteiger partial charge in [0.2, 0.25) is 0 Å². The van der Waals surface area contributed by atoms with Gasteiger partial charge in [-0.05, 0) is 36.0 Å². The number of aliphatic carboxylic acids is 1. The normalized spacial score (nSPS) is 15.6. The van der Waals surface area contributed by atoms with E-state index >= 15 is 0 Å². The Balaban J connectivity index is 5.60. The first kappa shape index (κ1) is 17.5. The van der Waals surface area contributed by atoms with E-state index in [1.165, 1.54) is 0 Å². The third-order valence-corrected chi connectivity index (χ3v) is 4.22. The number of rotatable bonds is 5. The smallest absolute Gasteiger partial charge is 0.309 e. The van der Waals surface area contributed by atoms with Gasteiger partial charge in [0.1, 0.15) is 0 Å². The molecule has 0 aliphatic heterocycles. The van der Waals surface area contributed by atoms with E-state index in [0.29, 0.717) is 12.8 Å². The molecular weight excluding hydrogens is 224 g/mol. The second kappa shape index (κ2) is 5.63. The Labute approximate surface area is 113 Å². The lowest BCUT2D eigenvalue weighted by Gasteiger charge is -2.46. The molecule has 0 bridgehead atoms. The fourth-order valence-corrected chi connectivity index (χ4v) is 3.14. The van der Waals surface area contributed by atoms with Crippen molar-refractivity contribution in [2.45, 2.75) is 74.7 Å². The van der Waals surface area contributed by atoms with Gasteiger partial charge in [0.25, 0.3) is 0 Å². The molecule has 0 saturated carbocycles. The summed E-state index contributed by atoms with van der Waals surface area (Å²) < 4.78 is 0. The predicted octanol–water partition coefficient (Wildman–Crippen LogP) is 4.98. The van der Waals surface area contributed by atoms with E-state index in [4.69, 9.17) is 0 Å². The zero-order valence-electron chi connectivity index (χ0n) is 13.6. The summed E-state index contributed by atoms with van der Waals surface area (Å²) in [5, 5.41) is 9.75. The third kappa shape index (κ3) is 4.00. The van der Waals surface area contributed by atoms with Gasteiger partial charge in [0, 0.05) is 0 Å². The molecule has 0 fully saturated rings. The van der Waals surface area contributed by atoms with Crippen molar-refractivity contribution in [3.05, 3.63) is 0 Å². The molecule has 0 aromatic heterocycles. The van der Waals surface area contributed by atoms with Crippen molar-refractivity contribution in [3.63, 3.8) is 0 Å². The number of carboxylic acids is 1. The molecule has 1 unspecified atom stereocenters. The Hall–Kier alpha value is -0.530. The summed E-state index contributed by atoms with van der Waals surface area (Å²) >= 11 is 0. The van der Waals surface area contributed by atoms with Crippen LogP contribution < -0.4 is 0 Å². The van der Waals surface area contributed by atoms with Crippen LogP contribution in [0.3, 0.4) is 0 Å². The standard InChI is InChI=1S/C16H32O2/c1-9-16(10-2,13(17)18)12(15(6,7)8)11-14(3,4)5/h12H,9-11H2,1-8H3,(H,17,18). The number of hydrogen-bond acceptors (Lipinski definition) is 1. The first-order chi connectivity index (χ1) is 7.90. The molecule has 0 amide bonds. The zero-order chi connectivity index (χ0) is 14.8. The Morgan fingerprint density at radius 2 is 1.39 bits per heavy atom. The van der Waals surface area contributed by atoms with Gasteiger partial charge in [-0.1, -0.05) is 55.4 Å². The highest BCUT2D eigenvalue weighted by atomic mass is 16.4. The lowest BCUT2D eigenvalue weighted by atomic mass is 9.57. The fraction of sp³-hybridized carbons (Fsp3) is 0.938. The average molecular weight is 256 g/mol. The monoisotopic (exact) mass is 256 g/mol. The van der Waals surface area contributed by atoms with Gasteiger partial charge in [0.05, 0.1) is 5.41 Å². The molecule has 2 heteroatoms. The maximum absolute atomic E-state index is 11.9. The largest absolute Gasteiger partial charge is 0.481 e. The van der Waals surface area contributed by atoms with Crippen LogP contribution >= 0.6 is 0 Å². The number of carbonyl (C=O) groups is 1. The highest BCUT2D eigenvalue weighted by Gasteiger charge is 2.48. The van der Waals surface area contributed by atoms with E-state index in [1.54, 1.807) is 0 Å². The maximum atomic E-state index is 11.9. The van der Waals surface area contributed by atoms with E-state index < -0.39 is 11.4 Å². The van der Waals surface area contributed by atoms with E-state index in [1.807, 2.05) is 13.8 Å². The lowest BCUT2D eigenvalue weighted by molar-refractivity contribution is -0.158. The van der Waals surface area contributed by atoms with E-state index in [-0.39, 0.29) is 16.7 Å². The molecule has 2 nitrogen and oxygen atoms in total. The molecule has 0 aromatic rings. The Morgan fingerprint density at radius 1 is 1.00 bits per heavy atom. The SMILES string of the molecule is CCC(CC)(C(=O)O)C(CC(C)(C)C)C(C)(C)C. The van der Waals surface area contributed by atoms with Crippen LogP contribution in [0.5, 0.6) is 0 Å². The molecule has 0 rings (SSSR count). The predicted molar refractivity (Wildman–Crippen MR) is 77.7 cm³/mol. The van der Waals surface area contributed by atoms with Crippen LogP contribution in [0.1, 0.15) is 74.7 Å². The third-order valence-electron chi connectivity index (χ3n) is 4.22. The summed E-state index contributed by atoms with van der Waals surface area (Å²) in [4.78, 5) is 11.9. The van der Waals surface area contributed by atoms with Crippen LogP contribution in [0.25, 0.3) is 0 Å². The van der Waals surface area contributed by atoms with Crippen molar-refractivity contribution in [2.75, 3.05) is 0 Å². The Bertz CT molecular complexity index is 274. The molecule has 0 heterocycles. The van der Waals surface area contributed by atoms with Crippen LogP contribution in [-0.4, -0.2) is 11.1 Å². The second-order valence-electron chi connectivity index (χ2n) is 7.85. The summed E-state index contributed by atoms with van der Waals surface area (Å²) in [6.07, 6.45) is 2.36. The van der Waals surface area contributed by atoms with Gasteiger partial charge >= 0.3 is 5.97 Å². The Kier molecular flexibility index (Phi) is 5.46. The lowest BCUT2D eigenvalue weighted by Crippen LogP contribution is -2.45. The van der Waals surface area contributed by atoms with Gasteiger partial charge in [-0.15, -0.1) is 0 Å². The van der Waals surface area contributed by atoms with Crippen LogP contribution in [0.15, 0.2) is 0 Å². The summed E-state index contributed by atoms with van der Waals surface area (Å²) in [5.74, 6) is -0.436. The number of carboxylic acid groups (broad SMARTS) is 1.